The van der Waals surface area contributed by atoms with Gasteiger partial charge in [-0.25, -0.2) is 8.42 Å². The zero-order valence-corrected chi connectivity index (χ0v) is 15.2. The van der Waals surface area contributed by atoms with Crippen molar-refractivity contribution in [1.82, 2.24) is 5.32 Å². The van der Waals surface area contributed by atoms with Gasteiger partial charge in [0.1, 0.15) is 0 Å². The molecule has 0 atom stereocenters. The van der Waals surface area contributed by atoms with Gasteiger partial charge in [-0.1, -0.05) is 24.9 Å². The van der Waals surface area contributed by atoms with Crippen LogP contribution in [-0.2, 0) is 9.05 Å². The highest BCUT2D eigenvalue weighted by molar-refractivity contribution is 9.10. The van der Waals surface area contributed by atoms with Crippen molar-refractivity contribution in [1.29, 1.82) is 0 Å². The van der Waals surface area contributed by atoms with Crippen LogP contribution in [0.4, 0.5) is 0 Å². The zero-order chi connectivity index (χ0) is 15.8. The van der Waals surface area contributed by atoms with Gasteiger partial charge in [-0.15, -0.1) is 0 Å². The summed E-state index contributed by atoms with van der Waals surface area (Å²) in [5.41, 5.74) is 0.211. The summed E-state index contributed by atoms with van der Waals surface area (Å²) in [6.07, 6.45) is 3.31. The monoisotopic (exact) mass is 413 g/mol. The lowest BCUT2D eigenvalue weighted by Gasteiger charge is -2.38. The summed E-state index contributed by atoms with van der Waals surface area (Å²) in [5, 5.41) is 2.97. The Hall–Kier alpha value is -0.300. The van der Waals surface area contributed by atoms with Crippen LogP contribution in [0.1, 0.15) is 36.5 Å². The van der Waals surface area contributed by atoms with Gasteiger partial charge in [-0.05, 0) is 46.3 Å². The van der Waals surface area contributed by atoms with E-state index in [0.717, 1.165) is 12.8 Å². The van der Waals surface area contributed by atoms with Gasteiger partial charge < -0.3 is 5.32 Å². The first-order valence-corrected chi connectivity index (χ1v) is 9.82. The van der Waals surface area contributed by atoms with Gasteiger partial charge in [0.25, 0.3) is 15.0 Å². The van der Waals surface area contributed by atoms with Crippen molar-refractivity contribution in [2.24, 2.45) is 5.41 Å². The minimum atomic E-state index is -3.93. The molecule has 0 radical (unpaired) electrons. The average molecular weight is 415 g/mol. The van der Waals surface area contributed by atoms with E-state index in [1.807, 2.05) is 0 Å². The number of hydrogen-bond acceptors (Lipinski definition) is 3. The number of carbonyl (C=O) groups excluding carboxylic acids is 1. The van der Waals surface area contributed by atoms with Crippen LogP contribution >= 0.6 is 38.2 Å². The van der Waals surface area contributed by atoms with E-state index in [4.69, 9.17) is 22.3 Å². The molecule has 1 fully saturated rings. The maximum Gasteiger partial charge on any atom is 0.261 e. The second kappa shape index (κ2) is 6.07. The summed E-state index contributed by atoms with van der Waals surface area (Å²) in [6, 6.07) is 2.46. The third-order valence-corrected chi connectivity index (χ3v) is 6.36. The highest BCUT2D eigenvalue weighted by Gasteiger charge is 2.32. The van der Waals surface area contributed by atoms with Gasteiger partial charge in [0, 0.05) is 21.7 Å². The first-order chi connectivity index (χ1) is 9.62. The molecule has 21 heavy (non-hydrogen) atoms. The number of rotatable bonds is 4. The number of amides is 1. The molecule has 1 saturated carbocycles. The lowest BCUT2D eigenvalue weighted by molar-refractivity contribution is 0.0890. The van der Waals surface area contributed by atoms with Crippen molar-refractivity contribution < 1.29 is 13.2 Å². The Morgan fingerprint density at radius 2 is 2.05 bits per heavy atom. The molecule has 8 heteroatoms. The van der Waals surface area contributed by atoms with E-state index >= 15 is 0 Å². The molecule has 0 aromatic heterocycles. The molecule has 4 nitrogen and oxygen atoms in total. The summed E-state index contributed by atoms with van der Waals surface area (Å²) in [5.74, 6) is -0.406. The predicted octanol–water partition coefficient (Wildman–Crippen LogP) is 3.95. The Balaban J connectivity index is 2.25. The molecule has 1 aliphatic carbocycles. The van der Waals surface area contributed by atoms with Crippen LogP contribution in [0.5, 0.6) is 0 Å². The summed E-state index contributed by atoms with van der Waals surface area (Å²) in [6.45, 7) is 2.64. The van der Waals surface area contributed by atoms with Crippen molar-refractivity contribution >= 4 is 53.2 Å². The molecule has 0 heterocycles. The highest BCUT2D eigenvalue weighted by atomic mass is 79.9. The molecule has 0 bridgehead atoms. The third-order valence-electron chi connectivity index (χ3n) is 3.76. The first kappa shape index (κ1) is 17.1. The normalized spacial score (nSPS) is 17.1. The smallest absolute Gasteiger partial charge is 0.261 e. The third kappa shape index (κ3) is 3.92. The van der Waals surface area contributed by atoms with Gasteiger partial charge >= 0.3 is 0 Å². The molecule has 0 spiro atoms. The number of hydrogen-bond donors (Lipinski definition) is 1. The molecule has 116 valence electrons. The van der Waals surface area contributed by atoms with E-state index in [-0.39, 0.29) is 20.9 Å². The van der Waals surface area contributed by atoms with Crippen molar-refractivity contribution in [3.05, 3.63) is 27.2 Å². The van der Waals surface area contributed by atoms with E-state index in [1.165, 1.54) is 18.6 Å². The van der Waals surface area contributed by atoms with Crippen molar-refractivity contribution in [3.63, 3.8) is 0 Å². The largest absolute Gasteiger partial charge is 0.351 e. The zero-order valence-electron chi connectivity index (χ0n) is 11.3. The number of benzene rings is 1. The Labute approximate surface area is 141 Å². The fraction of sp³-hybridized carbons (Fsp3) is 0.462. The summed E-state index contributed by atoms with van der Waals surface area (Å²) < 4.78 is 23.1. The first-order valence-electron chi connectivity index (χ1n) is 6.34. The lowest BCUT2D eigenvalue weighted by atomic mass is 9.70. The van der Waals surface area contributed by atoms with E-state index < -0.39 is 15.0 Å². The van der Waals surface area contributed by atoms with E-state index in [0.29, 0.717) is 11.0 Å². The van der Waals surface area contributed by atoms with E-state index in [1.54, 1.807) is 0 Å². The Morgan fingerprint density at radius 3 is 2.52 bits per heavy atom. The molecule has 0 aliphatic heterocycles. The second-order valence-electron chi connectivity index (χ2n) is 5.55. The maximum absolute atomic E-state index is 12.2. The van der Waals surface area contributed by atoms with Crippen LogP contribution < -0.4 is 5.32 Å². The molecule has 1 aliphatic rings. The molecule has 1 aromatic rings. The predicted molar refractivity (Wildman–Crippen MR) is 86.5 cm³/mol. The van der Waals surface area contributed by atoms with Crippen LogP contribution in [0.2, 0.25) is 5.02 Å². The Bertz CT molecular complexity index is 687. The fourth-order valence-electron chi connectivity index (χ4n) is 2.22. The Kier molecular flexibility index (Phi) is 4.93. The van der Waals surface area contributed by atoms with Crippen molar-refractivity contribution in [2.75, 3.05) is 6.54 Å². The van der Waals surface area contributed by atoms with Gasteiger partial charge in [0.2, 0.25) is 0 Å². The average Bonchev–Trinajstić information content (AvgIpc) is 2.35. The molecular formula is C13H14BrCl2NO3S. The molecule has 0 unspecified atom stereocenters. The van der Waals surface area contributed by atoms with Crippen LogP contribution in [0.3, 0.4) is 0 Å². The molecule has 2 rings (SSSR count). The van der Waals surface area contributed by atoms with Gasteiger partial charge in [-0.2, -0.15) is 0 Å². The molecular weight excluding hydrogens is 401 g/mol. The SMILES string of the molecule is CC1(CNC(=O)c2cc(S(=O)(=O)Cl)cc(Br)c2Cl)CCC1. The lowest BCUT2D eigenvalue weighted by Crippen LogP contribution is -2.40. The molecule has 0 saturated heterocycles. The minimum absolute atomic E-state index is 0.0909. The summed E-state index contributed by atoms with van der Waals surface area (Å²) in [7, 11) is 1.39. The number of halogens is 3. The van der Waals surface area contributed by atoms with Crippen molar-refractivity contribution in [2.45, 2.75) is 31.1 Å². The minimum Gasteiger partial charge on any atom is -0.351 e. The summed E-state index contributed by atoms with van der Waals surface area (Å²) >= 11 is 9.20. The second-order valence-corrected chi connectivity index (χ2v) is 9.35. The quantitative estimate of drug-likeness (QED) is 0.758. The number of nitrogens with one attached hydrogen (secondary N) is 1. The Morgan fingerprint density at radius 1 is 1.43 bits per heavy atom. The molecule has 1 amide bonds. The van der Waals surface area contributed by atoms with Gasteiger partial charge in [0.15, 0.2) is 0 Å². The van der Waals surface area contributed by atoms with Crippen LogP contribution in [-0.4, -0.2) is 20.9 Å². The molecule has 1 N–H and O–H groups in total. The topological polar surface area (TPSA) is 63.2 Å². The standard InChI is InChI=1S/C13H14BrCl2NO3S/c1-13(3-2-4-13)7-17-12(18)9-5-8(21(16,19)20)6-10(14)11(9)15/h5-6H,2-4,7H2,1H3,(H,17,18). The van der Waals surface area contributed by atoms with Crippen LogP contribution in [0, 0.1) is 5.41 Å². The van der Waals surface area contributed by atoms with Crippen molar-refractivity contribution in [3.8, 4) is 0 Å². The van der Waals surface area contributed by atoms with Gasteiger partial charge in [-0.3, -0.25) is 4.79 Å². The highest BCUT2D eigenvalue weighted by Crippen LogP contribution is 2.39. The number of carbonyl (C=O) groups is 1. The van der Waals surface area contributed by atoms with Gasteiger partial charge in [0.05, 0.1) is 15.5 Å². The van der Waals surface area contributed by atoms with Crippen LogP contribution in [0.25, 0.3) is 0 Å². The summed E-state index contributed by atoms with van der Waals surface area (Å²) in [4.78, 5) is 12.1. The van der Waals surface area contributed by atoms with Crippen LogP contribution in [0.15, 0.2) is 21.5 Å². The molecule has 1 aromatic carbocycles. The maximum atomic E-state index is 12.2. The van der Waals surface area contributed by atoms with E-state index in [2.05, 4.69) is 28.2 Å². The van der Waals surface area contributed by atoms with E-state index in [9.17, 15) is 13.2 Å². The fourth-order valence-corrected chi connectivity index (χ4v) is 3.81.